The second-order valence-electron chi connectivity index (χ2n) is 9.04. The molecule has 41 heavy (non-hydrogen) atoms. The zero-order valence-electron chi connectivity index (χ0n) is 21.4. The van der Waals surface area contributed by atoms with E-state index in [1.54, 1.807) is 29.2 Å². The van der Waals surface area contributed by atoms with Gasteiger partial charge in [0.25, 0.3) is 5.91 Å². The Bertz CT molecular complexity index is 1310. The Kier molecular flexibility index (Phi) is 10.5. The van der Waals surface area contributed by atoms with Gasteiger partial charge in [0.2, 0.25) is 0 Å². The van der Waals surface area contributed by atoms with Crippen molar-refractivity contribution in [2.24, 2.45) is 5.73 Å². The quantitative estimate of drug-likeness (QED) is 0.359. The maximum absolute atomic E-state index is 13.7. The first kappa shape index (κ1) is 32.4. The molecule has 2 aromatic carbocycles. The van der Waals surface area contributed by atoms with Crippen molar-refractivity contribution in [3.63, 3.8) is 0 Å². The molecular weight excluding hydrogens is 601 g/mol. The van der Waals surface area contributed by atoms with Crippen molar-refractivity contribution in [2.45, 2.75) is 25.4 Å². The molecule has 0 atom stereocenters. The van der Waals surface area contributed by atoms with Gasteiger partial charge in [-0.05, 0) is 35.4 Å². The number of ether oxygens (including phenoxy) is 1. The molecule has 2 N–H and O–H groups in total. The van der Waals surface area contributed by atoms with Crippen molar-refractivity contribution >= 4 is 35.7 Å². The van der Waals surface area contributed by atoms with Gasteiger partial charge in [-0.2, -0.15) is 26.3 Å². The molecule has 1 aliphatic heterocycles. The number of nitrogens with zero attached hydrogens (tertiary/aromatic N) is 5. The molecule has 0 spiro atoms. The van der Waals surface area contributed by atoms with Crippen molar-refractivity contribution in [1.29, 1.82) is 0 Å². The van der Waals surface area contributed by atoms with E-state index >= 15 is 0 Å². The lowest BCUT2D eigenvalue weighted by molar-refractivity contribution is -0.143. The highest BCUT2D eigenvalue weighted by molar-refractivity contribution is 6.31. The second kappa shape index (κ2) is 13.3. The van der Waals surface area contributed by atoms with Crippen LogP contribution in [0.4, 0.5) is 32.2 Å². The van der Waals surface area contributed by atoms with E-state index in [-0.39, 0.29) is 68.4 Å². The monoisotopic (exact) mass is 626 g/mol. The smallest absolute Gasteiger partial charge is 0.378 e. The number of anilines is 1. The van der Waals surface area contributed by atoms with E-state index in [9.17, 15) is 31.1 Å². The summed E-state index contributed by atoms with van der Waals surface area (Å²) in [5.74, 6) is -0.418. The summed E-state index contributed by atoms with van der Waals surface area (Å²) in [7, 11) is 0. The molecule has 0 radical (unpaired) electrons. The van der Waals surface area contributed by atoms with E-state index < -0.39 is 35.9 Å². The Morgan fingerprint density at radius 2 is 1.63 bits per heavy atom. The van der Waals surface area contributed by atoms with E-state index in [1.165, 1.54) is 4.90 Å². The maximum atomic E-state index is 13.7. The summed E-state index contributed by atoms with van der Waals surface area (Å²) in [6.07, 6.45) is -10.0. The number of nitrogens with two attached hydrogens (primary N) is 1. The zero-order chi connectivity index (χ0) is 29.1. The van der Waals surface area contributed by atoms with E-state index in [0.29, 0.717) is 35.8 Å². The first-order valence-corrected chi connectivity index (χ1v) is 12.5. The van der Waals surface area contributed by atoms with Crippen LogP contribution in [-0.4, -0.2) is 65.2 Å². The summed E-state index contributed by atoms with van der Waals surface area (Å²) in [6.45, 7) is 0.995. The minimum Gasteiger partial charge on any atom is -0.378 e. The van der Waals surface area contributed by atoms with Crippen LogP contribution in [0, 0.1) is 0 Å². The summed E-state index contributed by atoms with van der Waals surface area (Å²) >= 11 is 6.27. The van der Waals surface area contributed by atoms with Gasteiger partial charge in [-0.1, -0.05) is 35.0 Å². The number of morpholine rings is 1. The number of carbonyl (C=O) groups is 1. The first-order valence-electron chi connectivity index (χ1n) is 12.2. The fourth-order valence-electron chi connectivity index (χ4n) is 4.31. The van der Waals surface area contributed by atoms with E-state index in [0.717, 1.165) is 4.68 Å². The molecule has 0 aliphatic carbocycles. The number of carbonyl (C=O) groups excluding carboxylic acids is 1. The number of rotatable bonds is 8. The normalized spacial score (nSPS) is 14.1. The number of amides is 1. The average molecular weight is 627 g/mol. The Labute approximate surface area is 242 Å². The van der Waals surface area contributed by atoms with Gasteiger partial charge in [0.05, 0.1) is 30.9 Å². The maximum Gasteiger partial charge on any atom is 0.416 e. The molecule has 1 saturated heterocycles. The number of alkyl halides is 6. The van der Waals surface area contributed by atoms with Crippen LogP contribution in [0.25, 0.3) is 0 Å². The van der Waals surface area contributed by atoms with Crippen molar-refractivity contribution in [1.82, 2.24) is 19.9 Å². The molecule has 1 aliphatic rings. The summed E-state index contributed by atoms with van der Waals surface area (Å²) < 4.78 is 87.1. The average Bonchev–Trinajstić information content (AvgIpc) is 3.32. The molecule has 224 valence electrons. The largest absolute Gasteiger partial charge is 0.416 e. The molecule has 0 bridgehead atoms. The first-order chi connectivity index (χ1) is 18.9. The molecule has 0 unspecified atom stereocenters. The minimum absolute atomic E-state index is 0. The number of benzene rings is 2. The van der Waals surface area contributed by atoms with Gasteiger partial charge in [-0.25, -0.2) is 4.68 Å². The van der Waals surface area contributed by atoms with Crippen LogP contribution in [0.15, 0.2) is 42.5 Å². The van der Waals surface area contributed by atoms with Gasteiger partial charge in [-0.15, -0.1) is 17.5 Å². The molecule has 1 fully saturated rings. The van der Waals surface area contributed by atoms with Crippen molar-refractivity contribution in [2.75, 3.05) is 44.3 Å². The molecule has 16 heteroatoms. The molecule has 3 aromatic rings. The summed E-state index contributed by atoms with van der Waals surface area (Å²) in [5, 5.41) is 8.42. The fraction of sp³-hybridized carbons (Fsp3) is 0.400. The number of hydrogen-bond donors (Lipinski definition) is 1. The van der Waals surface area contributed by atoms with Gasteiger partial charge in [0, 0.05) is 37.7 Å². The molecule has 1 amide bonds. The van der Waals surface area contributed by atoms with E-state index in [4.69, 9.17) is 22.1 Å². The SMILES string of the molecule is Cl.NCCN(Cc1ccccc1Cl)C(=O)c1nnn(Cc2cc(C(F)(F)F)cc(C(F)(F)F)c2)c1N1CCOCC1. The Hall–Kier alpha value is -3.07. The van der Waals surface area contributed by atoms with Crippen LogP contribution < -0.4 is 10.6 Å². The standard InChI is InChI=1S/C25H25ClF6N6O2.ClH/c26-20-4-2-1-3-17(20)15-37(6-5-33)23(39)21-22(36-7-9-40-10-8-36)38(35-34-21)14-16-11-18(24(27,28)29)13-19(12-16)25(30,31)32;/h1-4,11-13H,5-10,14-15,33H2;1H. The summed E-state index contributed by atoms with van der Waals surface area (Å²) in [5.41, 5.74) is 3.07. The van der Waals surface area contributed by atoms with Crippen LogP contribution >= 0.6 is 24.0 Å². The third-order valence-electron chi connectivity index (χ3n) is 6.21. The topological polar surface area (TPSA) is 89.5 Å². The Morgan fingerprint density at radius 3 is 2.20 bits per heavy atom. The van der Waals surface area contributed by atoms with Crippen molar-refractivity contribution in [3.05, 3.63) is 75.4 Å². The van der Waals surface area contributed by atoms with Crippen LogP contribution in [0.1, 0.15) is 32.7 Å². The lowest BCUT2D eigenvalue weighted by atomic mass is 10.0. The predicted molar refractivity (Wildman–Crippen MR) is 141 cm³/mol. The van der Waals surface area contributed by atoms with Crippen LogP contribution in [0.3, 0.4) is 0 Å². The molecular formula is C25H26Cl2F6N6O2. The van der Waals surface area contributed by atoms with Crippen LogP contribution in [-0.2, 0) is 30.2 Å². The number of hydrogen-bond acceptors (Lipinski definition) is 6. The minimum atomic E-state index is -5.01. The van der Waals surface area contributed by atoms with E-state index in [1.807, 2.05) is 0 Å². The highest BCUT2D eigenvalue weighted by Gasteiger charge is 2.37. The van der Waals surface area contributed by atoms with Gasteiger partial charge < -0.3 is 20.3 Å². The summed E-state index contributed by atoms with van der Waals surface area (Å²) in [6, 6.07) is 8.21. The molecule has 1 aromatic heterocycles. The fourth-order valence-corrected chi connectivity index (χ4v) is 4.51. The molecule has 4 rings (SSSR count). The van der Waals surface area contributed by atoms with Gasteiger partial charge in [0.15, 0.2) is 11.5 Å². The third-order valence-corrected chi connectivity index (χ3v) is 6.58. The van der Waals surface area contributed by atoms with Crippen molar-refractivity contribution in [3.8, 4) is 0 Å². The zero-order valence-corrected chi connectivity index (χ0v) is 23.0. The van der Waals surface area contributed by atoms with Crippen LogP contribution in [0.2, 0.25) is 5.02 Å². The molecule has 2 heterocycles. The summed E-state index contributed by atoms with van der Waals surface area (Å²) in [4.78, 5) is 16.8. The van der Waals surface area contributed by atoms with Gasteiger partial charge >= 0.3 is 12.4 Å². The lowest BCUT2D eigenvalue weighted by Crippen LogP contribution is -2.40. The van der Waals surface area contributed by atoms with Gasteiger partial charge in [-0.3, -0.25) is 4.79 Å². The van der Waals surface area contributed by atoms with Crippen molar-refractivity contribution < 1.29 is 35.9 Å². The lowest BCUT2D eigenvalue weighted by Gasteiger charge is -2.30. The Balaban J connectivity index is 0.00000462. The number of halogens is 8. The van der Waals surface area contributed by atoms with Crippen LogP contribution in [0.5, 0.6) is 0 Å². The molecule has 8 nitrogen and oxygen atoms in total. The number of aromatic nitrogens is 3. The van der Waals surface area contributed by atoms with Gasteiger partial charge in [0.1, 0.15) is 0 Å². The predicted octanol–water partition coefficient (Wildman–Crippen LogP) is 4.88. The highest BCUT2D eigenvalue weighted by atomic mass is 35.5. The third kappa shape index (κ3) is 7.82. The second-order valence-corrected chi connectivity index (χ2v) is 9.45. The Morgan fingerprint density at radius 1 is 1.02 bits per heavy atom. The van der Waals surface area contributed by atoms with E-state index in [2.05, 4.69) is 10.3 Å². The highest BCUT2D eigenvalue weighted by Crippen LogP contribution is 2.37. The molecule has 0 saturated carbocycles.